The van der Waals surface area contributed by atoms with Crippen LogP contribution in [0.4, 0.5) is 23.2 Å². The molecular weight excluding hydrogens is 468 g/mol. The first-order valence-corrected chi connectivity index (χ1v) is 10.8. The number of fused-ring (bicyclic) bond motifs is 1. The number of hydrogen-bond donors (Lipinski definition) is 2. The average Bonchev–Trinajstić information content (AvgIpc) is 3.28. The molecule has 2 heterocycles. The van der Waals surface area contributed by atoms with Crippen LogP contribution in [0, 0.1) is 11.7 Å². The number of ether oxygens (including phenoxy) is 1. The molecule has 1 aliphatic rings. The maximum absolute atomic E-state index is 14.0. The molecule has 0 unspecified atom stereocenters. The molecule has 0 fully saturated rings. The van der Waals surface area contributed by atoms with Crippen LogP contribution in [0.1, 0.15) is 47.3 Å². The lowest BCUT2D eigenvalue weighted by Gasteiger charge is -2.42. The highest BCUT2D eigenvalue weighted by Crippen LogP contribution is 2.43. The van der Waals surface area contributed by atoms with Crippen molar-refractivity contribution in [2.24, 2.45) is 5.92 Å². The Balaban J connectivity index is 1.76. The Labute approximate surface area is 198 Å². The van der Waals surface area contributed by atoms with Crippen molar-refractivity contribution in [3.8, 4) is 5.75 Å². The van der Waals surface area contributed by atoms with E-state index in [1.165, 1.54) is 6.20 Å². The minimum atomic E-state index is -5.03. The second-order valence-corrected chi connectivity index (χ2v) is 8.61. The molecule has 1 aliphatic heterocycles. The summed E-state index contributed by atoms with van der Waals surface area (Å²) < 4.78 is 55.7. The monoisotopic (exact) mass is 490 g/mol. The molecule has 2 amide bonds. The topological polar surface area (TPSA) is 87.3 Å². The Morgan fingerprint density at radius 1 is 1.23 bits per heavy atom. The molecule has 184 valence electrons. The maximum Gasteiger partial charge on any atom is 0.573 e. The largest absolute Gasteiger partial charge is 0.573 e. The number of carbonyl (C=O) groups is 2. The van der Waals surface area contributed by atoms with E-state index in [1.54, 1.807) is 35.4 Å². The van der Waals surface area contributed by atoms with Crippen molar-refractivity contribution in [3.63, 3.8) is 0 Å². The van der Waals surface area contributed by atoms with E-state index in [2.05, 4.69) is 20.3 Å². The van der Waals surface area contributed by atoms with Crippen molar-refractivity contribution in [2.45, 2.75) is 32.2 Å². The first-order chi connectivity index (χ1) is 16.5. The van der Waals surface area contributed by atoms with Crippen molar-refractivity contribution in [2.75, 3.05) is 11.9 Å². The number of aromatic nitrogens is 2. The average molecular weight is 490 g/mol. The molecule has 2 atom stereocenters. The van der Waals surface area contributed by atoms with Gasteiger partial charge in [-0.25, -0.2) is 4.39 Å². The highest BCUT2D eigenvalue weighted by Gasteiger charge is 2.44. The van der Waals surface area contributed by atoms with E-state index in [4.69, 9.17) is 0 Å². The Hall–Kier alpha value is -3.89. The molecule has 0 saturated heterocycles. The number of halogens is 4. The fraction of sp³-hybridized carbons (Fsp3) is 0.292. The summed E-state index contributed by atoms with van der Waals surface area (Å²) in [6.07, 6.45) is -1.94. The number of H-pyrrole nitrogens is 1. The molecule has 3 aromatic rings. The molecule has 2 aromatic carbocycles. The summed E-state index contributed by atoms with van der Waals surface area (Å²) in [6.45, 7) is 4.21. The van der Waals surface area contributed by atoms with Gasteiger partial charge in [0.2, 0.25) is 5.91 Å². The lowest BCUT2D eigenvalue weighted by molar-refractivity contribution is -0.274. The van der Waals surface area contributed by atoms with Crippen LogP contribution in [-0.4, -0.2) is 39.8 Å². The van der Waals surface area contributed by atoms with Crippen molar-refractivity contribution < 1.29 is 31.9 Å². The zero-order valence-corrected chi connectivity index (χ0v) is 18.8. The Morgan fingerprint density at radius 2 is 1.97 bits per heavy atom. The van der Waals surface area contributed by atoms with E-state index in [-0.39, 0.29) is 17.5 Å². The number of benzene rings is 2. The van der Waals surface area contributed by atoms with Crippen LogP contribution in [0.15, 0.2) is 54.9 Å². The standard InChI is InChI=1S/C24H22F4N4O3/c1-13(2)12-32-21(14-10-29-30-11-14)20(18-5-3-4-6-19(18)23(32)34)22(33)31-16-7-15(25)8-17(9-16)35-24(26,27)28/h3-11,13,20-21H,12H2,1-2H3,(H,29,30)(H,31,33)/t20-,21+/m1/s1. The van der Waals surface area contributed by atoms with Gasteiger partial charge in [-0.2, -0.15) is 5.10 Å². The summed E-state index contributed by atoms with van der Waals surface area (Å²) in [5.41, 5.74) is 1.15. The molecule has 0 bridgehead atoms. The van der Waals surface area contributed by atoms with Crippen LogP contribution in [0.25, 0.3) is 0 Å². The molecule has 1 aromatic heterocycles. The van der Waals surface area contributed by atoms with Crippen LogP contribution in [0.3, 0.4) is 0 Å². The summed E-state index contributed by atoms with van der Waals surface area (Å²) in [7, 11) is 0. The summed E-state index contributed by atoms with van der Waals surface area (Å²) in [5, 5.41) is 9.16. The van der Waals surface area contributed by atoms with E-state index < -0.39 is 35.8 Å². The van der Waals surface area contributed by atoms with Gasteiger partial charge in [0, 0.05) is 41.7 Å². The number of amides is 2. The molecule has 35 heavy (non-hydrogen) atoms. The molecule has 2 N–H and O–H groups in total. The van der Waals surface area contributed by atoms with Crippen molar-refractivity contribution in [1.29, 1.82) is 0 Å². The number of nitrogens with zero attached hydrogens (tertiary/aromatic N) is 2. The van der Waals surface area contributed by atoms with Gasteiger partial charge in [0.1, 0.15) is 11.6 Å². The number of nitrogens with one attached hydrogen (secondary N) is 2. The third-order valence-corrected chi connectivity index (χ3v) is 5.52. The van der Waals surface area contributed by atoms with E-state index in [0.29, 0.717) is 29.3 Å². The van der Waals surface area contributed by atoms with Gasteiger partial charge in [-0.3, -0.25) is 14.7 Å². The second-order valence-electron chi connectivity index (χ2n) is 8.61. The third kappa shape index (κ3) is 5.28. The molecule has 7 nitrogen and oxygen atoms in total. The Bertz CT molecular complexity index is 1230. The Morgan fingerprint density at radius 3 is 2.63 bits per heavy atom. The van der Waals surface area contributed by atoms with Gasteiger partial charge in [-0.05, 0) is 23.6 Å². The van der Waals surface area contributed by atoms with Gasteiger partial charge >= 0.3 is 6.36 Å². The van der Waals surface area contributed by atoms with Gasteiger partial charge in [0.05, 0.1) is 18.2 Å². The molecule has 0 saturated carbocycles. The molecule has 0 radical (unpaired) electrons. The van der Waals surface area contributed by atoms with Crippen LogP contribution in [0.5, 0.6) is 5.75 Å². The molecular formula is C24H22F4N4O3. The summed E-state index contributed by atoms with van der Waals surface area (Å²) in [4.78, 5) is 28.6. The predicted octanol–water partition coefficient (Wildman–Crippen LogP) is 5.02. The summed E-state index contributed by atoms with van der Waals surface area (Å²) in [5.74, 6) is -3.58. The first kappa shape index (κ1) is 24.2. The number of aromatic amines is 1. The zero-order chi connectivity index (χ0) is 25.3. The SMILES string of the molecule is CC(C)CN1C(=O)c2ccccc2[C@@H](C(=O)Nc2cc(F)cc(OC(F)(F)F)c2)[C@@H]1c1cn[nH]c1. The van der Waals surface area contributed by atoms with Gasteiger partial charge in [0.15, 0.2) is 0 Å². The number of carbonyl (C=O) groups excluding carboxylic acids is 2. The molecule has 4 rings (SSSR count). The lowest BCUT2D eigenvalue weighted by atomic mass is 9.79. The van der Waals surface area contributed by atoms with E-state index in [9.17, 15) is 27.2 Å². The summed E-state index contributed by atoms with van der Waals surface area (Å²) >= 11 is 0. The number of alkyl halides is 3. The highest BCUT2D eigenvalue weighted by molar-refractivity contribution is 6.04. The molecule has 11 heteroatoms. The Kier molecular flexibility index (Phi) is 6.51. The lowest BCUT2D eigenvalue weighted by Crippen LogP contribution is -2.47. The zero-order valence-electron chi connectivity index (χ0n) is 18.8. The van der Waals surface area contributed by atoms with Crippen molar-refractivity contribution in [3.05, 3.63) is 77.4 Å². The third-order valence-electron chi connectivity index (χ3n) is 5.52. The van der Waals surface area contributed by atoms with Crippen LogP contribution >= 0.6 is 0 Å². The normalized spacial score (nSPS) is 17.9. The fourth-order valence-electron chi connectivity index (χ4n) is 4.31. The highest BCUT2D eigenvalue weighted by atomic mass is 19.4. The van der Waals surface area contributed by atoms with Crippen LogP contribution in [-0.2, 0) is 4.79 Å². The predicted molar refractivity (Wildman–Crippen MR) is 118 cm³/mol. The smallest absolute Gasteiger partial charge is 0.406 e. The first-order valence-electron chi connectivity index (χ1n) is 10.8. The van der Waals surface area contributed by atoms with Crippen molar-refractivity contribution in [1.82, 2.24) is 15.1 Å². The minimum absolute atomic E-state index is 0.0765. The summed E-state index contributed by atoms with van der Waals surface area (Å²) in [6, 6.07) is 8.23. The number of hydrogen-bond acceptors (Lipinski definition) is 4. The quantitative estimate of drug-likeness (QED) is 0.475. The fourth-order valence-corrected chi connectivity index (χ4v) is 4.31. The number of rotatable bonds is 6. The maximum atomic E-state index is 14.0. The van der Waals surface area contributed by atoms with E-state index in [1.807, 2.05) is 13.8 Å². The second kappa shape index (κ2) is 9.40. The van der Waals surface area contributed by atoms with Crippen molar-refractivity contribution >= 4 is 17.5 Å². The minimum Gasteiger partial charge on any atom is -0.406 e. The molecule has 0 aliphatic carbocycles. The van der Waals surface area contributed by atoms with E-state index in [0.717, 1.165) is 12.1 Å². The van der Waals surface area contributed by atoms with Gasteiger partial charge in [-0.15, -0.1) is 13.2 Å². The van der Waals surface area contributed by atoms with Crippen LogP contribution in [0.2, 0.25) is 0 Å². The molecule has 0 spiro atoms. The van der Waals surface area contributed by atoms with E-state index >= 15 is 0 Å². The number of anilines is 1. The van der Waals surface area contributed by atoms with Gasteiger partial charge in [0.25, 0.3) is 5.91 Å². The van der Waals surface area contributed by atoms with Gasteiger partial charge < -0.3 is 15.0 Å². The van der Waals surface area contributed by atoms with Crippen LogP contribution < -0.4 is 10.1 Å². The van der Waals surface area contributed by atoms with Gasteiger partial charge in [-0.1, -0.05) is 32.0 Å².